The summed E-state index contributed by atoms with van der Waals surface area (Å²) in [5.74, 6) is 1.90. The summed E-state index contributed by atoms with van der Waals surface area (Å²) in [6.07, 6.45) is 1.95. The highest BCUT2D eigenvalue weighted by atomic mass is 16.5. The summed E-state index contributed by atoms with van der Waals surface area (Å²) < 4.78 is 7.40. The lowest BCUT2D eigenvalue weighted by atomic mass is 9.92. The topological polar surface area (TPSA) is 69.0 Å². The van der Waals surface area contributed by atoms with E-state index in [4.69, 9.17) is 4.74 Å². The molecule has 1 amide bonds. The minimum atomic E-state index is -0.147. The van der Waals surface area contributed by atoms with Crippen molar-refractivity contribution in [1.29, 1.82) is 0 Å². The minimum Gasteiger partial charge on any atom is -0.493 e. The van der Waals surface area contributed by atoms with E-state index < -0.39 is 0 Å². The maximum atomic E-state index is 12.5. The number of benzene rings is 1. The Bertz CT molecular complexity index is 988. The minimum absolute atomic E-state index is 0.133. The number of carbonyl (C=O) groups excluding carboxylic acids is 1. The number of pyridine rings is 1. The Morgan fingerprint density at radius 1 is 1.10 bits per heavy atom. The van der Waals surface area contributed by atoms with E-state index in [-0.39, 0.29) is 17.7 Å². The summed E-state index contributed by atoms with van der Waals surface area (Å²) >= 11 is 0. The number of aromatic nitrogens is 3. The first-order chi connectivity index (χ1) is 13.7. The van der Waals surface area contributed by atoms with Crippen LogP contribution in [0.1, 0.15) is 44.0 Å². The molecule has 3 rings (SSSR count). The van der Waals surface area contributed by atoms with E-state index in [9.17, 15) is 4.79 Å². The lowest BCUT2D eigenvalue weighted by molar-refractivity contribution is -0.116. The smallest absolute Gasteiger partial charge is 0.228 e. The zero-order valence-corrected chi connectivity index (χ0v) is 17.7. The van der Waals surface area contributed by atoms with Crippen molar-refractivity contribution >= 4 is 11.7 Å². The van der Waals surface area contributed by atoms with E-state index in [1.54, 1.807) is 10.9 Å². The normalized spacial score (nSPS) is 11.3. The van der Waals surface area contributed by atoms with Crippen LogP contribution >= 0.6 is 0 Å². The Labute approximate surface area is 171 Å². The molecule has 0 saturated carbocycles. The van der Waals surface area contributed by atoms with Crippen LogP contribution in [-0.2, 0) is 10.2 Å². The fraction of sp³-hybridized carbons (Fsp3) is 0.348. The van der Waals surface area contributed by atoms with E-state index in [0.29, 0.717) is 18.2 Å². The van der Waals surface area contributed by atoms with Crippen LogP contribution in [-0.4, -0.2) is 27.3 Å². The number of carbonyl (C=O) groups is 1. The molecule has 0 spiro atoms. The van der Waals surface area contributed by atoms with Crippen LogP contribution in [0.2, 0.25) is 0 Å². The fourth-order valence-corrected chi connectivity index (χ4v) is 2.76. The molecule has 0 bridgehead atoms. The molecule has 0 saturated heterocycles. The van der Waals surface area contributed by atoms with Crippen LogP contribution in [0.4, 0.5) is 5.82 Å². The summed E-state index contributed by atoms with van der Waals surface area (Å²) in [6, 6.07) is 13.4. The standard InChI is InChI=1S/C23H28N4O2/c1-16-9-10-18(14-17(16)2)29-13-11-22(28)25-21-15-19(23(3,4)5)26-27(21)20-8-6-7-12-24-20/h6-10,12,14-15H,11,13H2,1-5H3,(H,25,28). The van der Waals surface area contributed by atoms with Crippen LogP contribution < -0.4 is 10.1 Å². The lowest BCUT2D eigenvalue weighted by Crippen LogP contribution is -2.18. The van der Waals surface area contributed by atoms with Gasteiger partial charge in [-0.15, -0.1) is 0 Å². The van der Waals surface area contributed by atoms with Crippen LogP contribution in [0.5, 0.6) is 5.75 Å². The van der Waals surface area contributed by atoms with Gasteiger partial charge in [0.05, 0.1) is 18.7 Å². The van der Waals surface area contributed by atoms with Gasteiger partial charge < -0.3 is 10.1 Å². The molecule has 2 heterocycles. The van der Waals surface area contributed by atoms with Crippen LogP contribution in [0.15, 0.2) is 48.7 Å². The SMILES string of the molecule is Cc1ccc(OCCC(=O)Nc2cc(C(C)(C)C)nn2-c2ccccn2)cc1C. The van der Waals surface area contributed by atoms with Gasteiger partial charge in [-0.25, -0.2) is 4.98 Å². The van der Waals surface area contributed by atoms with E-state index in [0.717, 1.165) is 11.4 Å². The molecule has 0 aliphatic carbocycles. The van der Waals surface area contributed by atoms with Crippen LogP contribution in [0.25, 0.3) is 5.82 Å². The van der Waals surface area contributed by atoms with Crippen molar-refractivity contribution in [2.45, 2.75) is 46.5 Å². The number of amides is 1. The molecule has 0 aliphatic heterocycles. The van der Waals surface area contributed by atoms with Crippen molar-refractivity contribution < 1.29 is 9.53 Å². The first kappa shape index (κ1) is 20.6. The quantitative estimate of drug-likeness (QED) is 0.666. The number of hydrogen-bond donors (Lipinski definition) is 1. The Kier molecular flexibility index (Phi) is 6.01. The fourth-order valence-electron chi connectivity index (χ4n) is 2.76. The van der Waals surface area contributed by atoms with Gasteiger partial charge >= 0.3 is 0 Å². The predicted octanol–water partition coefficient (Wildman–Crippen LogP) is 4.59. The molecule has 0 aliphatic rings. The number of hydrogen-bond acceptors (Lipinski definition) is 4. The van der Waals surface area contributed by atoms with Gasteiger partial charge in [-0.2, -0.15) is 9.78 Å². The molecule has 0 atom stereocenters. The Morgan fingerprint density at radius 2 is 1.90 bits per heavy atom. The van der Waals surface area contributed by atoms with Gasteiger partial charge in [-0.05, 0) is 49.2 Å². The number of rotatable bonds is 6. The Hall–Kier alpha value is -3.15. The molecular formula is C23H28N4O2. The second kappa shape index (κ2) is 8.47. The molecule has 6 nitrogen and oxygen atoms in total. The predicted molar refractivity (Wildman–Crippen MR) is 115 cm³/mol. The average Bonchev–Trinajstić information content (AvgIpc) is 3.09. The third kappa shape index (κ3) is 5.22. The monoisotopic (exact) mass is 392 g/mol. The van der Waals surface area contributed by atoms with Crippen molar-refractivity contribution in [3.8, 4) is 11.6 Å². The van der Waals surface area contributed by atoms with Gasteiger partial charge in [0.15, 0.2) is 5.82 Å². The van der Waals surface area contributed by atoms with Gasteiger partial charge in [0.25, 0.3) is 0 Å². The molecule has 0 radical (unpaired) electrons. The molecular weight excluding hydrogens is 364 g/mol. The second-order valence-electron chi connectivity index (χ2n) is 8.16. The first-order valence-electron chi connectivity index (χ1n) is 9.76. The number of anilines is 1. The molecule has 1 N–H and O–H groups in total. The average molecular weight is 393 g/mol. The van der Waals surface area contributed by atoms with Crippen molar-refractivity contribution in [2.24, 2.45) is 0 Å². The van der Waals surface area contributed by atoms with Gasteiger partial charge in [0, 0.05) is 17.7 Å². The Balaban J connectivity index is 1.69. The molecule has 1 aromatic carbocycles. The molecule has 2 aromatic heterocycles. The third-order valence-electron chi connectivity index (χ3n) is 4.69. The Morgan fingerprint density at radius 3 is 2.55 bits per heavy atom. The van der Waals surface area contributed by atoms with Crippen molar-refractivity contribution in [3.05, 3.63) is 65.5 Å². The number of nitrogens with one attached hydrogen (secondary N) is 1. The van der Waals surface area contributed by atoms with Gasteiger partial charge in [-0.1, -0.05) is 32.9 Å². The van der Waals surface area contributed by atoms with Crippen LogP contribution in [0.3, 0.4) is 0 Å². The largest absolute Gasteiger partial charge is 0.493 e. The molecule has 0 unspecified atom stereocenters. The molecule has 6 heteroatoms. The van der Waals surface area contributed by atoms with Gasteiger partial charge in [-0.3, -0.25) is 4.79 Å². The molecule has 3 aromatic rings. The zero-order valence-electron chi connectivity index (χ0n) is 17.7. The van der Waals surface area contributed by atoms with Gasteiger partial charge in [0.2, 0.25) is 5.91 Å². The lowest BCUT2D eigenvalue weighted by Gasteiger charge is -2.13. The van der Waals surface area contributed by atoms with Crippen molar-refractivity contribution in [2.75, 3.05) is 11.9 Å². The van der Waals surface area contributed by atoms with Gasteiger partial charge in [0.1, 0.15) is 11.6 Å². The highest BCUT2D eigenvalue weighted by Gasteiger charge is 2.21. The summed E-state index contributed by atoms with van der Waals surface area (Å²) in [6.45, 7) is 10.7. The first-order valence-corrected chi connectivity index (χ1v) is 9.76. The van der Waals surface area contributed by atoms with E-state index in [1.807, 2.05) is 49.4 Å². The maximum Gasteiger partial charge on any atom is 0.228 e. The number of ether oxygens (including phenoxy) is 1. The highest BCUT2D eigenvalue weighted by Crippen LogP contribution is 2.26. The zero-order chi connectivity index (χ0) is 21.0. The van der Waals surface area contributed by atoms with Crippen molar-refractivity contribution in [3.63, 3.8) is 0 Å². The maximum absolute atomic E-state index is 12.5. The number of nitrogens with zero attached hydrogens (tertiary/aromatic N) is 3. The van der Waals surface area contributed by atoms with E-state index in [2.05, 4.69) is 43.1 Å². The summed E-state index contributed by atoms with van der Waals surface area (Å²) in [5, 5.41) is 7.61. The second-order valence-corrected chi connectivity index (χ2v) is 8.16. The van der Waals surface area contributed by atoms with E-state index in [1.165, 1.54) is 11.1 Å². The summed E-state index contributed by atoms with van der Waals surface area (Å²) in [5.41, 5.74) is 3.12. The molecule has 0 fully saturated rings. The molecule has 152 valence electrons. The van der Waals surface area contributed by atoms with Crippen LogP contribution in [0, 0.1) is 13.8 Å². The summed E-state index contributed by atoms with van der Waals surface area (Å²) in [7, 11) is 0. The number of aryl methyl sites for hydroxylation is 2. The van der Waals surface area contributed by atoms with E-state index >= 15 is 0 Å². The summed E-state index contributed by atoms with van der Waals surface area (Å²) in [4.78, 5) is 16.9. The third-order valence-corrected chi connectivity index (χ3v) is 4.69. The van der Waals surface area contributed by atoms with Crippen molar-refractivity contribution in [1.82, 2.24) is 14.8 Å². The molecule has 29 heavy (non-hydrogen) atoms. The highest BCUT2D eigenvalue weighted by molar-refractivity contribution is 5.90.